The van der Waals surface area contributed by atoms with Gasteiger partial charge in [-0.2, -0.15) is 13.2 Å². The number of carboxylic acid groups (broad SMARTS) is 1. The summed E-state index contributed by atoms with van der Waals surface area (Å²) in [6, 6.07) is 8.65. The number of aromatic nitrogens is 3. The minimum Gasteiger partial charge on any atom is -0.477 e. The van der Waals surface area contributed by atoms with Gasteiger partial charge in [0.2, 0.25) is 5.95 Å². The molecule has 1 fully saturated rings. The molecular weight excluding hydrogens is 497 g/mol. The zero-order valence-electron chi connectivity index (χ0n) is 20.7. The Morgan fingerprint density at radius 2 is 1.92 bits per heavy atom. The summed E-state index contributed by atoms with van der Waals surface area (Å²) >= 11 is 0. The van der Waals surface area contributed by atoms with Gasteiger partial charge >= 0.3 is 12.1 Å². The number of hydrogen-bond donors (Lipinski definition) is 2. The fourth-order valence-corrected chi connectivity index (χ4v) is 5.14. The van der Waals surface area contributed by atoms with Crippen LogP contribution in [0.4, 0.5) is 24.8 Å². The first-order valence-electron chi connectivity index (χ1n) is 12.3. The van der Waals surface area contributed by atoms with Crippen LogP contribution < -0.4 is 5.32 Å². The summed E-state index contributed by atoms with van der Waals surface area (Å²) in [5.41, 5.74) is 3.26. The number of carbonyl (C=O) groups is 1. The quantitative estimate of drug-likeness (QED) is 0.456. The summed E-state index contributed by atoms with van der Waals surface area (Å²) < 4.78 is 38.4. The Morgan fingerprint density at radius 3 is 2.61 bits per heavy atom. The molecule has 198 valence electrons. The topological polar surface area (TPSA) is 94.5 Å². The van der Waals surface area contributed by atoms with E-state index in [4.69, 9.17) is 0 Å². The third-order valence-electron chi connectivity index (χ3n) is 7.17. The highest BCUT2D eigenvalue weighted by atomic mass is 19.4. The molecule has 2 aliphatic heterocycles. The summed E-state index contributed by atoms with van der Waals surface area (Å²) in [6.07, 6.45) is 0.714. The van der Waals surface area contributed by atoms with E-state index in [0.717, 1.165) is 60.6 Å². The van der Waals surface area contributed by atoms with Gasteiger partial charge in [-0.15, -0.1) is 0 Å². The molecule has 2 N–H and O–H groups in total. The second-order valence-electron chi connectivity index (χ2n) is 9.67. The Hall–Kier alpha value is -3.99. The number of rotatable bonds is 6. The minimum atomic E-state index is -4.38. The van der Waals surface area contributed by atoms with Gasteiger partial charge in [-0.05, 0) is 56.2 Å². The van der Waals surface area contributed by atoms with Crippen LogP contribution in [-0.2, 0) is 19.3 Å². The lowest BCUT2D eigenvalue weighted by Gasteiger charge is -2.43. The minimum absolute atomic E-state index is 0.00527. The van der Waals surface area contributed by atoms with Crippen LogP contribution >= 0.6 is 0 Å². The SMILES string of the molecule is C=C(c1ccnc(C(=O)O)c1)N1CC[C@@H](N2Cc3cnc(Nc4ccc(C(F)(F)F)cc4)nc3C2)C[C@H]1C. The number of carboxylic acids is 1. The first-order valence-corrected chi connectivity index (χ1v) is 12.3. The molecule has 1 aromatic carbocycles. The van der Waals surface area contributed by atoms with Crippen LogP contribution in [-0.4, -0.2) is 54.5 Å². The average Bonchev–Trinajstić information content (AvgIpc) is 3.32. The molecule has 0 bridgehead atoms. The Balaban J connectivity index is 1.20. The molecule has 1 saturated heterocycles. The summed E-state index contributed by atoms with van der Waals surface area (Å²) in [4.78, 5) is 28.8. The summed E-state index contributed by atoms with van der Waals surface area (Å²) in [6.45, 7) is 8.56. The summed E-state index contributed by atoms with van der Waals surface area (Å²) in [5.74, 6) is -0.719. The van der Waals surface area contributed by atoms with Crippen molar-refractivity contribution in [3.8, 4) is 0 Å². The van der Waals surface area contributed by atoms with E-state index < -0.39 is 17.7 Å². The van der Waals surface area contributed by atoms with E-state index >= 15 is 0 Å². The molecule has 2 aliphatic rings. The molecule has 0 unspecified atom stereocenters. The smallest absolute Gasteiger partial charge is 0.416 e. The fraction of sp³-hybridized carbons (Fsp3) is 0.333. The number of fused-ring (bicyclic) bond motifs is 1. The predicted molar refractivity (Wildman–Crippen MR) is 135 cm³/mol. The maximum Gasteiger partial charge on any atom is 0.416 e. The first kappa shape index (κ1) is 25.7. The first-order chi connectivity index (χ1) is 18.1. The number of nitrogens with one attached hydrogen (secondary N) is 1. The fourth-order valence-electron chi connectivity index (χ4n) is 5.14. The normalized spacial score (nSPS) is 19.7. The van der Waals surface area contributed by atoms with Crippen molar-refractivity contribution in [2.45, 2.75) is 51.1 Å². The van der Waals surface area contributed by atoms with Gasteiger partial charge in [0.05, 0.1) is 11.3 Å². The number of alkyl halides is 3. The monoisotopic (exact) mass is 524 g/mol. The van der Waals surface area contributed by atoms with E-state index in [1.807, 2.05) is 0 Å². The van der Waals surface area contributed by atoms with Crippen LogP contribution in [0, 0.1) is 0 Å². The number of benzene rings is 1. The van der Waals surface area contributed by atoms with Crippen molar-refractivity contribution in [3.63, 3.8) is 0 Å². The standard InChI is InChI=1S/C27H27F3N6O2/c1-16-11-22(8-10-36(16)17(2)18-7-9-31-23(12-18)25(37)38)35-14-19-13-32-26(34-24(19)15-35)33-21-5-3-20(4-6-21)27(28,29)30/h3-7,9,12-13,16,22H,2,8,10-11,14-15H2,1H3,(H,37,38)(H,32,33,34)/t16-,22-/m1/s1. The Morgan fingerprint density at radius 1 is 1.16 bits per heavy atom. The van der Waals surface area contributed by atoms with E-state index in [-0.39, 0.29) is 11.7 Å². The van der Waals surface area contributed by atoms with E-state index in [9.17, 15) is 23.1 Å². The lowest BCUT2D eigenvalue weighted by molar-refractivity contribution is -0.137. The van der Waals surface area contributed by atoms with Crippen molar-refractivity contribution in [3.05, 3.63) is 83.4 Å². The lowest BCUT2D eigenvalue weighted by Crippen LogP contribution is -2.46. The molecule has 11 heteroatoms. The molecule has 8 nitrogen and oxygen atoms in total. The van der Waals surface area contributed by atoms with Crippen LogP contribution in [0.25, 0.3) is 5.70 Å². The number of piperidine rings is 1. The number of hydrogen-bond acceptors (Lipinski definition) is 7. The van der Waals surface area contributed by atoms with E-state index in [0.29, 0.717) is 24.2 Å². The molecule has 0 amide bonds. The van der Waals surface area contributed by atoms with Gasteiger partial charge in [0.25, 0.3) is 0 Å². The van der Waals surface area contributed by atoms with Crippen LogP contribution in [0.3, 0.4) is 0 Å². The molecule has 4 heterocycles. The van der Waals surface area contributed by atoms with Gasteiger partial charge in [0.1, 0.15) is 5.69 Å². The summed E-state index contributed by atoms with van der Waals surface area (Å²) in [5, 5.41) is 12.2. The average molecular weight is 525 g/mol. The van der Waals surface area contributed by atoms with Crippen molar-refractivity contribution >= 4 is 23.3 Å². The van der Waals surface area contributed by atoms with Crippen molar-refractivity contribution in [1.82, 2.24) is 24.8 Å². The van der Waals surface area contributed by atoms with Gasteiger partial charge in [0.15, 0.2) is 0 Å². The van der Waals surface area contributed by atoms with E-state index in [1.54, 1.807) is 18.3 Å². The molecule has 0 saturated carbocycles. The molecule has 3 aromatic rings. The zero-order valence-corrected chi connectivity index (χ0v) is 20.7. The number of aromatic carboxylic acids is 1. The highest BCUT2D eigenvalue weighted by Crippen LogP contribution is 2.33. The van der Waals surface area contributed by atoms with Crippen molar-refractivity contribution in [2.75, 3.05) is 11.9 Å². The zero-order chi connectivity index (χ0) is 27.0. The lowest BCUT2D eigenvalue weighted by atomic mass is 9.95. The van der Waals surface area contributed by atoms with Crippen LogP contribution in [0.1, 0.15) is 52.6 Å². The third kappa shape index (κ3) is 5.33. The highest BCUT2D eigenvalue weighted by Gasteiger charge is 2.34. The molecule has 38 heavy (non-hydrogen) atoms. The van der Waals surface area contributed by atoms with Crippen LogP contribution in [0.2, 0.25) is 0 Å². The van der Waals surface area contributed by atoms with Crippen LogP contribution in [0.5, 0.6) is 0 Å². The van der Waals surface area contributed by atoms with Gasteiger partial charge in [-0.1, -0.05) is 6.58 Å². The number of pyridine rings is 1. The van der Waals surface area contributed by atoms with Crippen molar-refractivity contribution in [1.29, 1.82) is 0 Å². The molecule has 0 spiro atoms. The van der Waals surface area contributed by atoms with Gasteiger partial charge in [-0.25, -0.2) is 19.7 Å². The second-order valence-corrected chi connectivity index (χ2v) is 9.67. The van der Waals surface area contributed by atoms with E-state index in [1.165, 1.54) is 18.3 Å². The predicted octanol–water partition coefficient (Wildman–Crippen LogP) is 5.17. The highest BCUT2D eigenvalue weighted by molar-refractivity contribution is 5.86. The number of likely N-dealkylation sites (tertiary alicyclic amines) is 1. The van der Waals surface area contributed by atoms with Gasteiger partial charge in [0, 0.05) is 66.6 Å². The Kier molecular flexibility index (Phi) is 6.78. The Labute approximate surface area is 217 Å². The Bertz CT molecular complexity index is 1360. The number of nitrogens with zero attached hydrogens (tertiary/aromatic N) is 5. The molecular formula is C27H27F3N6O2. The van der Waals surface area contributed by atoms with Crippen molar-refractivity contribution < 1.29 is 23.1 Å². The summed E-state index contributed by atoms with van der Waals surface area (Å²) in [7, 11) is 0. The maximum absolute atomic E-state index is 12.8. The van der Waals surface area contributed by atoms with E-state index in [2.05, 4.69) is 43.6 Å². The van der Waals surface area contributed by atoms with Gasteiger partial charge in [-0.3, -0.25) is 4.90 Å². The molecule has 2 atom stereocenters. The largest absolute Gasteiger partial charge is 0.477 e. The maximum atomic E-state index is 12.8. The number of anilines is 2. The molecule has 0 aliphatic carbocycles. The van der Waals surface area contributed by atoms with Crippen molar-refractivity contribution in [2.24, 2.45) is 0 Å². The molecule has 5 rings (SSSR count). The number of halogens is 3. The molecule has 2 aromatic heterocycles. The van der Waals surface area contributed by atoms with Gasteiger partial charge < -0.3 is 15.3 Å². The second kappa shape index (κ2) is 10.1. The molecule has 0 radical (unpaired) electrons. The van der Waals surface area contributed by atoms with Crippen LogP contribution in [0.15, 0.2) is 55.4 Å². The third-order valence-corrected chi connectivity index (χ3v) is 7.17.